The Balaban J connectivity index is 2.48. The summed E-state index contributed by atoms with van der Waals surface area (Å²) >= 11 is 0. The number of carbonyl (C=O) groups excluding carboxylic acids is 2. The molecular weight excluding hydrogens is 242 g/mol. The number of ether oxygens (including phenoxy) is 1. The molecule has 0 unspecified atom stereocenters. The summed E-state index contributed by atoms with van der Waals surface area (Å²) in [6.07, 6.45) is 0.0663. The van der Waals surface area contributed by atoms with Crippen LogP contribution >= 0.6 is 0 Å². The lowest BCUT2D eigenvalue weighted by Crippen LogP contribution is -2.27. The van der Waals surface area contributed by atoms with Gasteiger partial charge in [-0.05, 0) is 44.9 Å². The van der Waals surface area contributed by atoms with Crippen LogP contribution in [0.5, 0.6) is 0 Å². The molecule has 0 spiro atoms. The van der Waals surface area contributed by atoms with Crippen LogP contribution in [-0.4, -0.2) is 24.5 Å². The summed E-state index contributed by atoms with van der Waals surface area (Å²) in [7, 11) is 0. The largest absolute Gasteiger partial charge is 0.463 e. The highest BCUT2D eigenvalue weighted by Crippen LogP contribution is 2.12. The summed E-state index contributed by atoms with van der Waals surface area (Å²) in [6, 6.07) is 5.60. The van der Waals surface area contributed by atoms with E-state index < -0.39 is 0 Å². The molecule has 4 nitrogen and oxygen atoms in total. The predicted molar refractivity (Wildman–Crippen MR) is 74.1 cm³/mol. The van der Waals surface area contributed by atoms with E-state index in [-0.39, 0.29) is 30.9 Å². The number of aryl methyl sites for hydroxylation is 1. The molecule has 104 valence electrons. The van der Waals surface area contributed by atoms with Crippen molar-refractivity contribution in [3.8, 4) is 0 Å². The second-order valence-electron chi connectivity index (χ2n) is 4.79. The zero-order chi connectivity index (χ0) is 14.4. The molecule has 1 aromatic rings. The van der Waals surface area contributed by atoms with Crippen LogP contribution in [0.15, 0.2) is 18.2 Å². The van der Waals surface area contributed by atoms with E-state index in [2.05, 4.69) is 5.32 Å². The van der Waals surface area contributed by atoms with Crippen LogP contribution < -0.4 is 5.32 Å². The molecule has 0 saturated heterocycles. The molecular formula is C15H21NO3. The second kappa shape index (κ2) is 6.92. The Hall–Kier alpha value is -1.84. The first-order chi connectivity index (χ1) is 8.91. The number of carbonyl (C=O) groups is 2. The van der Waals surface area contributed by atoms with Gasteiger partial charge < -0.3 is 10.1 Å². The van der Waals surface area contributed by atoms with Crippen molar-refractivity contribution in [2.45, 2.75) is 40.2 Å². The van der Waals surface area contributed by atoms with Gasteiger partial charge in [0.05, 0.1) is 12.5 Å². The molecule has 0 aliphatic carbocycles. The summed E-state index contributed by atoms with van der Waals surface area (Å²) in [4.78, 5) is 23.3. The van der Waals surface area contributed by atoms with Crippen LogP contribution in [0.25, 0.3) is 0 Å². The van der Waals surface area contributed by atoms with Crippen molar-refractivity contribution in [1.29, 1.82) is 0 Å². The summed E-state index contributed by atoms with van der Waals surface area (Å²) in [5.41, 5.74) is 2.69. The van der Waals surface area contributed by atoms with Gasteiger partial charge in [0.2, 0.25) is 0 Å². The van der Waals surface area contributed by atoms with Crippen LogP contribution in [0.2, 0.25) is 0 Å². The van der Waals surface area contributed by atoms with Crippen molar-refractivity contribution >= 4 is 11.9 Å². The first kappa shape index (κ1) is 15.2. The number of hydrogen-bond acceptors (Lipinski definition) is 3. The standard InChI is InChI=1S/C15H21NO3/c1-10(2)19-14(17)8-9-16-15(18)13-7-5-6-11(3)12(13)4/h5-7,10H,8-9H2,1-4H3,(H,16,18). The average Bonchev–Trinajstić information content (AvgIpc) is 2.31. The van der Waals surface area contributed by atoms with E-state index in [4.69, 9.17) is 4.74 Å². The molecule has 0 aromatic heterocycles. The molecule has 1 rings (SSSR count). The number of rotatable bonds is 5. The van der Waals surface area contributed by atoms with Gasteiger partial charge in [-0.15, -0.1) is 0 Å². The number of benzene rings is 1. The molecule has 0 bridgehead atoms. The molecule has 0 aliphatic heterocycles. The zero-order valence-corrected chi connectivity index (χ0v) is 11.9. The third-order valence-electron chi connectivity index (χ3n) is 2.83. The van der Waals surface area contributed by atoms with E-state index >= 15 is 0 Å². The van der Waals surface area contributed by atoms with Gasteiger partial charge in [-0.2, -0.15) is 0 Å². The minimum Gasteiger partial charge on any atom is -0.463 e. The minimum absolute atomic E-state index is 0.123. The first-order valence-electron chi connectivity index (χ1n) is 6.45. The Morgan fingerprint density at radius 1 is 1.26 bits per heavy atom. The molecule has 0 atom stereocenters. The van der Waals surface area contributed by atoms with Gasteiger partial charge in [0.1, 0.15) is 0 Å². The van der Waals surface area contributed by atoms with Crippen LogP contribution in [0.1, 0.15) is 41.8 Å². The molecule has 4 heteroatoms. The molecule has 1 aromatic carbocycles. The first-order valence-corrected chi connectivity index (χ1v) is 6.45. The maximum Gasteiger partial charge on any atom is 0.307 e. The van der Waals surface area contributed by atoms with Gasteiger partial charge in [-0.3, -0.25) is 9.59 Å². The second-order valence-corrected chi connectivity index (χ2v) is 4.79. The van der Waals surface area contributed by atoms with Gasteiger partial charge in [0.25, 0.3) is 5.91 Å². The van der Waals surface area contributed by atoms with E-state index in [1.807, 2.05) is 26.0 Å². The van der Waals surface area contributed by atoms with Crippen LogP contribution in [0.3, 0.4) is 0 Å². The van der Waals surface area contributed by atoms with Crippen molar-refractivity contribution in [2.75, 3.05) is 6.54 Å². The normalized spacial score (nSPS) is 10.4. The SMILES string of the molecule is Cc1cccc(C(=O)NCCC(=O)OC(C)C)c1C. The van der Waals surface area contributed by atoms with Gasteiger partial charge in [-0.25, -0.2) is 0 Å². The van der Waals surface area contributed by atoms with E-state index in [0.29, 0.717) is 5.56 Å². The maximum atomic E-state index is 12.0. The smallest absolute Gasteiger partial charge is 0.307 e. The van der Waals surface area contributed by atoms with Crippen molar-refractivity contribution in [1.82, 2.24) is 5.32 Å². The van der Waals surface area contributed by atoms with Gasteiger partial charge in [0.15, 0.2) is 0 Å². The number of hydrogen-bond donors (Lipinski definition) is 1. The maximum absolute atomic E-state index is 12.0. The topological polar surface area (TPSA) is 55.4 Å². The Labute approximate surface area is 114 Å². The molecule has 0 radical (unpaired) electrons. The zero-order valence-electron chi connectivity index (χ0n) is 11.9. The van der Waals surface area contributed by atoms with Crippen LogP contribution in [-0.2, 0) is 9.53 Å². The molecule has 0 aliphatic rings. The number of nitrogens with one attached hydrogen (secondary N) is 1. The molecule has 0 fully saturated rings. The fourth-order valence-corrected chi connectivity index (χ4v) is 1.69. The summed E-state index contributed by atoms with van der Waals surface area (Å²) < 4.78 is 4.99. The molecule has 19 heavy (non-hydrogen) atoms. The minimum atomic E-state index is -0.295. The molecule has 1 N–H and O–H groups in total. The Bertz CT molecular complexity index is 466. The lowest BCUT2D eigenvalue weighted by Gasteiger charge is -2.10. The van der Waals surface area contributed by atoms with Gasteiger partial charge >= 0.3 is 5.97 Å². The van der Waals surface area contributed by atoms with E-state index in [1.165, 1.54) is 0 Å². The average molecular weight is 263 g/mol. The highest BCUT2D eigenvalue weighted by molar-refractivity contribution is 5.96. The Morgan fingerprint density at radius 2 is 1.95 bits per heavy atom. The summed E-state index contributed by atoms with van der Waals surface area (Å²) in [6.45, 7) is 7.76. The summed E-state index contributed by atoms with van der Waals surface area (Å²) in [5.74, 6) is -0.449. The van der Waals surface area contributed by atoms with Crippen molar-refractivity contribution in [3.05, 3.63) is 34.9 Å². The van der Waals surface area contributed by atoms with Gasteiger partial charge in [-0.1, -0.05) is 12.1 Å². The fraction of sp³-hybridized carbons (Fsp3) is 0.467. The molecule has 0 saturated carbocycles. The Morgan fingerprint density at radius 3 is 2.58 bits per heavy atom. The quantitative estimate of drug-likeness (QED) is 0.830. The highest BCUT2D eigenvalue weighted by atomic mass is 16.5. The Kier molecular flexibility index (Phi) is 5.55. The molecule has 0 heterocycles. The van der Waals surface area contributed by atoms with Crippen LogP contribution in [0.4, 0.5) is 0 Å². The lowest BCUT2D eigenvalue weighted by molar-refractivity contribution is -0.147. The monoisotopic (exact) mass is 263 g/mol. The van der Waals surface area contributed by atoms with Crippen LogP contribution in [0, 0.1) is 13.8 Å². The van der Waals surface area contributed by atoms with Gasteiger partial charge in [0, 0.05) is 12.1 Å². The fourth-order valence-electron chi connectivity index (χ4n) is 1.69. The van der Waals surface area contributed by atoms with E-state index in [0.717, 1.165) is 11.1 Å². The van der Waals surface area contributed by atoms with Crippen molar-refractivity contribution in [2.24, 2.45) is 0 Å². The van der Waals surface area contributed by atoms with E-state index in [9.17, 15) is 9.59 Å². The third kappa shape index (κ3) is 4.73. The summed E-state index contributed by atoms with van der Waals surface area (Å²) in [5, 5.41) is 2.73. The van der Waals surface area contributed by atoms with Crippen molar-refractivity contribution < 1.29 is 14.3 Å². The number of amides is 1. The highest BCUT2D eigenvalue weighted by Gasteiger charge is 2.11. The third-order valence-corrected chi connectivity index (χ3v) is 2.83. The van der Waals surface area contributed by atoms with E-state index in [1.54, 1.807) is 19.9 Å². The number of esters is 1. The lowest BCUT2D eigenvalue weighted by atomic mass is 10.0. The van der Waals surface area contributed by atoms with Crippen molar-refractivity contribution in [3.63, 3.8) is 0 Å². The predicted octanol–water partition coefficient (Wildman–Crippen LogP) is 2.37. The molecule has 1 amide bonds.